The average Bonchev–Trinajstić information content (AvgIpc) is 2.71. The molecule has 0 aromatic heterocycles. The van der Waals surface area contributed by atoms with Crippen LogP contribution < -0.4 is 24.4 Å². The highest BCUT2D eigenvalue weighted by atomic mass is 16.6. The highest BCUT2D eigenvalue weighted by molar-refractivity contribution is 5.85. The molecule has 7 nitrogen and oxygen atoms in total. The van der Waals surface area contributed by atoms with Gasteiger partial charge in [0.15, 0.2) is 23.0 Å². The van der Waals surface area contributed by atoms with Crippen molar-refractivity contribution >= 4 is 12.1 Å². The summed E-state index contributed by atoms with van der Waals surface area (Å²) >= 11 is 0. The zero-order valence-electron chi connectivity index (χ0n) is 15.3. The number of hydrazone groups is 1. The van der Waals surface area contributed by atoms with Crippen molar-refractivity contribution in [2.24, 2.45) is 5.10 Å². The minimum absolute atomic E-state index is 0.135. The summed E-state index contributed by atoms with van der Waals surface area (Å²) in [7, 11) is 1.59. The Morgan fingerprint density at radius 1 is 1.26 bits per heavy atom. The molecule has 0 radical (unpaired) electrons. The Hall–Kier alpha value is -3.22. The van der Waals surface area contributed by atoms with Crippen LogP contribution in [0.25, 0.3) is 0 Å². The Kier molecular flexibility index (Phi) is 6.14. The van der Waals surface area contributed by atoms with Crippen molar-refractivity contribution in [3.63, 3.8) is 0 Å². The molecule has 0 aliphatic carbocycles. The number of carbonyl (C=O) groups is 1. The average molecular weight is 370 g/mol. The molecule has 0 saturated heterocycles. The van der Waals surface area contributed by atoms with Crippen LogP contribution in [-0.4, -0.2) is 38.5 Å². The zero-order valence-corrected chi connectivity index (χ0v) is 15.3. The summed E-state index contributed by atoms with van der Waals surface area (Å²) in [5, 5.41) is 3.99. The molecule has 2 aromatic rings. The number of amides is 1. The van der Waals surface area contributed by atoms with Gasteiger partial charge >= 0.3 is 0 Å². The van der Waals surface area contributed by atoms with Crippen LogP contribution in [0.4, 0.5) is 0 Å². The van der Waals surface area contributed by atoms with Crippen molar-refractivity contribution in [3.05, 3.63) is 48.0 Å². The van der Waals surface area contributed by atoms with Crippen molar-refractivity contribution in [1.82, 2.24) is 5.43 Å². The van der Waals surface area contributed by atoms with E-state index in [1.807, 2.05) is 25.1 Å². The van der Waals surface area contributed by atoms with Crippen molar-refractivity contribution in [2.75, 3.05) is 20.3 Å². The van der Waals surface area contributed by atoms with Gasteiger partial charge in [-0.05, 0) is 42.3 Å². The van der Waals surface area contributed by atoms with Crippen molar-refractivity contribution in [3.8, 4) is 23.0 Å². The molecule has 2 aromatic carbocycles. The molecule has 1 atom stereocenters. The predicted octanol–water partition coefficient (Wildman–Crippen LogP) is 2.77. The van der Waals surface area contributed by atoms with E-state index < -0.39 is 6.10 Å². The first-order valence-electron chi connectivity index (χ1n) is 8.73. The molecule has 1 aliphatic heterocycles. The fourth-order valence-corrected chi connectivity index (χ4v) is 2.49. The van der Waals surface area contributed by atoms with E-state index in [1.165, 1.54) is 6.21 Å². The molecule has 0 unspecified atom stereocenters. The lowest BCUT2D eigenvalue weighted by molar-refractivity contribution is -0.130. The number of ether oxygens (including phenoxy) is 4. The van der Waals surface area contributed by atoms with Crippen LogP contribution in [0.3, 0.4) is 0 Å². The lowest BCUT2D eigenvalue weighted by atomic mass is 10.2. The number of nitrogens with one attached hydrogen (secondary N) is 1. The summed E-state index contributed by atoms with van der Waals surface area (Å²) in [5.41, 5.74) is 3.25. The van der Waals surface area contributed by atoms with Gasteiger partial charge in [0.25, 0.3) is 5.91 Å². The minimum atomic E-state index is -0.753. The van der Waals surface area contributed by atoms with E-state index in [2.05, 4.69) is 10.5 Å². The predicted molar refractivity (Wildman–Crippen MR) is 101 cm³/mol. The van der Waals surface area contributed by atoms with Crippen LogP contribution in [0.5, 0.6) is 23.0 Å². The SMILES string of the molecule is CCCOc1cc(/C=N\NC(=O)[C@H]2COc3ccccc3O2)ccc1OC. The van der Waals surface area contributed by atoms with Crippen molar-refractivity contribution < 1.29 is 23.7 Å². The third-order valence-electron chi connectivity index (χ3n) is 3.84. The zero-order chi connectivity index (χ0) is 19.1. The normalized spacial score (nSPS) is 15.4. The van der Waals surface area contributed by atoms with E-state index in [1.54, 1.807) is 31.4 Å². The first-order chi connectivity index (χ1) is 13.2. The maximum Gasteiger partial charge on any atom is 0.284 e. The Balaban J connectivity index is 1.59. The summed E-state index contributed by atoms with van der Waals surface area (Å²) in [5.74, 6) is 2.08. The molecular weight excluding hydrogens is 348 g/mol. The van der Waals surface area contributed by atoms with E-state index >= 15 is 0 Å². The van der Waals surface area contributed by atoms with Crippen LogP contribution in [-0.2, 0) is 4.79 Å². The van der Waals surface area contributed by atoms with Crippen LogP contribution in [0.1, 0.15) is 18.9 Å². The van der Waals surface area contributed by atoms with Crippen LogP contribution in [0.2, 0.25) is 0 Å². The topological polar surface area (TPSA) is 78.4 Å². The van der Waals surface area contributed by atoms with Gasteiger partial charge in [-0.3, -0.25) is 4.79 Å². The van der Waals surface area contributed by atoms with Crippen LogP contribution in [0.15, 0.2) is 47.6 Å². The lowest BCUT2D eigenvalue weighted by Gasteiger charge is -2.24. The molecule has 27 heavy (non-hydrogen) atoms. The molecule has 1 amide bonds. The van der Waals surface area contributed by atoms with Gasteiger partial charge in [-0.2, -0.15) is 5.10 Å². The van der Waals surface area contributed by atoms with E-state index in [0.29, 0.717) is 29.6 Å². The number of benzene rings is 2. The van der Waals surface area contributed by atoms with Gasteiger partial charge in [-0.15, -0.1) is 0 Å². The second-order valence-corrected chi connectivity index (χ2v) is 5.86. The Labute approximate surface area is 157 Å². The number of rotatable bonds is 7. The largest absolute Gasteiger partial charge is 0.493 e. The van der Waals surface area contributed by atoms with Crippen molar-refractivity contribution in [1.29, 1.82) is 0 Å². The van der Waals surface area contributed by atoms with Gasteiger partial charge in [0.1, 0.15) is 6.61 Å². The fraction of sp³-hybridized carbons (Fsp3) is 0.300. The molecule has 3 rings (SSSR count). The summed E-state index contributed by atoms with van der Waals surface area (Å²) in [6.07, 6.45) is 1.68. The molecule has 7 heteroatoms. The highest BCUT2D eigenvalue weighted by Crippen LogP contribution is 2.31. The van der Waals surface area contributed by atoms with Crippen LogP contribution in [0, 0.1) is 0 Å². The molecular formula is C20H22N2O5. The molecule has 1 heterocycles. The van der Waals surface area contributed by atoms with Gasteiger partial charge in [0, 0.05) is 0 Å². The minimum Gasteiger partial charge on any atom is -0.493 e. The molecule has 1 N–H and O–H groups in total. The second-order valence-electron chi connectivity index (χ2n) is 5.86. The molecule has 0 bridgehead atoms. The van der Waals surface area contributed by atoms with E-state index in [4.69, 9.17) is 18.9 Å². The van der Waals surface area contributed by atoms with Gasteiger partial charge < -0.3 is 18.9 Å². The molecule has 0 fully saturated rings. The number of hydrogen-bond donors (Lipinski definition) is 1. The number of nitrogens with zero attached hydrogens (tertiary/aromatic N) is 1. The van der Waals surface area contributed by atoms with E-state index in [-0.39, 0.29) is 12.5 Å². The summed E-state index contributed by atoms with van der Waals surface area (Å²) in [4.78, 5) is 12.2. The smallest absolute Gasteiger partial charge is 0.284 e. The van der Waals surface area contributed by atoms with Gasteiger partial charge in [-0.1, -0.05) is 19.1 Å². The molecule has 1 aliphatic rings. The third kappa shape index (κ3) is 4.69. The maximum absolute atomic E-state index is 12.2. The molecule has 0 saturated carbocycles. The highest BCUT2D eigenvalue weighted by Gasteiger charge is 2.26. The Bertz CT molecular complexity index is 822. The van der Waals surface area contributed by atoms with Gasteiger partial charge in [0.2, 0.25) is 6.10 Å². The fourth-order valence-electron chi connectivity index (χ4n) is 2.49. The summed E-state index contributed by atoms with van der Waals surface area (Å²) in [6.45, 7) is 2.76. The van der Waals surface area contributed by atoms with E-state index in [0.717, 1.165) is 12.0 Å². The van der Waals surface area contributed by atoms with Gasteiger partial charge in [0.05, 0.1) is 19.9 Å². The number of hydrogen-bond acceptors (Lipinski definition) is 6. The Morgan fingerprint density at radius 3 is 2.85 bits per heavy atom. The first-order valence-corrected chi connectivity index (χ1v) is 8.73. The van der Waals surface area contributed by atoms with Crippen LogP contribution >= 0.6 is 0 Å². The summed E-state index contributed by atoms with van der Waals surface area (Å²) < 4.78 is 22.1. The number of carbonyl (C=O) groups excluding carboxylic acids is 1. The van der Waals surface area contributed by atoms with E-state index in [9.17, 15) is 4.79 Å². The first kappa shape index (κ1) is 18.6. The van der Waals surface area contributed by atoms with Crippen molar-refractivity contribution in [2.45, 2.75) is 19.4 Å². The monoisotopic (exact) mass is 370 g/mol. The number of fused-ring (bicyclic) bond motifs is 1. The van der Waals surface area contributed by atoms with Gasteiger partial charge in [-0.25, -0.2) is 5.43 Å². The number of para-hydroxylation sites is 2. The molecule has 142 valence electrons. The second kappa shape index (κ2) is 8.93. The number of methoxy groups -OCH3 is 1. The standard InChI is InChI=1S/C20H22N2O5/c1-3-10-25-18-11-14(8-9-15(18)24-2)12-21-22-20(23)19-13-26-16-6-4-5-7-17(16)27-19/h4-9,11-12,19H,3,10,13H2,1-2H3,(H,22,23)/b21-12-/t19-/m1/s1. The summed E-state index contributed by atoms with van der Waals surface area (Å²) in [6, 6.07) is 12.6. The third-order valence-corrected chi connectivity index (χ3v) is 3.84. The quantitative estimate of drug-likeness (QED) is 0.599. The maximum atomic E-state index is 12.2. The molecule has 0 spiro atoms. The Morgan fingerprint density at radius 2 is 2.07 bits per heavy atom. The lowest BCUT2D eigenvalue weighted by Crippen LogP contribution is -2.42.